The molecule has 2 heterocycles. The number of aromatic nitrogens is 2. The summed E-state index contributed by atoms with van der Waals surface area (Å²) in [6, 6.07) is 5.14. The van der Waals surface area contributed by atoms with Gasteiger partial charge in [0.2, 0.25) is 0 Å². The van der Waals surface area contributed by atoms with Crippen molar-refractivity contribution in [2.75, 3.05) is 18.2 Å². The second-order valence-electron chi connectivity index (χ2n) is 5.81. The van der Waals surface area contributed by atoms with Crippen molar-refractivity contribution < 1.29 is 18.8 Å². The van der Waals surface area contributed by atoms with Crippen LogP contribution in [0, 0.1) is 18.3 Å². The third-order valence-electron chi connectivity index (χ3n) is 3.76. The average Bonchev–Trinajstić information content (AvgIpc) is 3.41. The molecule has 0 spiro atoms. The Morgan fingerprint density at radius 3 is 2.81 bits per heavy atom. The smallest absolute Gasteiger partial charge is 0.340 e. The lowest BCUT2D eigenvalue weighted by Gasteiger charge is -2.10. The van der Waals surface area contributed by atoms with Gasteiger partial charge in [0.05, 0.1) is 11.1 Å². The van der Waals surface area contributed by atoms with Crippen LogP contribution in [0.2, 0.25) is 0 Å². The van der Waals surface area contributed by atoms with Crippen LogP contribution < -0.4 is 5.32 Å². The number of anilines is 1. The van der Waals surface area contributed by atoms with Gasteiger partial charge in [-0.2, -0.15) is 5.26 Å². The lowest BCUT2D eigenvalue weighted by Crippen LogP contribution is -2.21. The van der Waals surface area contributed by atoms with Crippen LogP contribution >= 0.6 is 11.8 Å². The molecule has 0 saturated heterocycles. The van der Waals surface area contributed by atoms with Gasteiger partial charge in [0.25, 0.3) is 5.91 Å². The minimum atomic E-state index is -0.729. The summed E-state index contributed by atoms with van der Waals surface area (Å²) in [5, 5.41) is 16.0. The summed E-state index contributed by atoms with van der Waals surface area (Å²) < 4.78 is 9.91. The number of rotatable bonds is 6. The first-order valence-electron chi connectivity index (χ1n) is 7.91. The van der Waals surface area contributed by atoms with Gasteiger partial charge in [0.1, 0.15) is 16.9 Å². The molecule has 0 atom stereocenters. The quantitative estimate of drug-likeness (QED) is 0.607. The number of aryl methyl sites for hydroxylation is 1. The van der Waals surface area contributed by atoms with E-state index in [9.17, 15) is 14.9 Å². The number of nitrogens with zero attached hydrogens (tertiary/aromatic N) is 3. The van der Waals surface area contributed by atoms with Crippen LogP contribution in [-0.2, 0) is 9.53 Å². The normalized spacial score (nSPS) is 13.1. The van der Waals surface area contributed by atoms with E-state index >= 15 is 0 Å². The second-order valence-corrected chi connectivity index (χ2v) is 6.61. The summed E-state index contributed by atoms with van der Waals surface area (Å²) in [5.41, 5.74) is 1.08. The molecular weight excluding hydrogens is 356 g/mol. The van der Waals surface area contributed by atoms with Crippen LogP contribution in [0.3, 0.4) is 0 Å². The Kier molecular flexibility index (Phi) is 5.23. The standard InChI is InChI=1S/C17H16N4O4S/c1-9-5-14(21-25-9)20-15(22)8-24-17(23)11-6-13(10-3-4-10)19-16(26-2)12(11)7-18/h5-6,10H,3-4,8H2,1-2H3,(H,20,21,22). The second kappa shape index (κ2) is 7.58. The number of thioether (sulfide) groups is 1. The van der Waals surface area contributed by atoms with Gasteiger partial charge in [-0.3, -0.25) is 4.79 Å². The molecule has 1 aliphatic rings. The number of amides is 1. The third kappa shape index (κ3) is 4.03. The molecule has 0 unspecified atom stereocenters. The van der Waals surface area contributed by atoms with Crippen molar-refractivity contribution in [2.45, 2.75) is 30.7 Å². The van der Waals surface area contributed by atoms with Gasteiger partial charge in [-0.1, -0.05) is 5.16 Å². The molecule has 1 saturated carbocycles. The number of pyridine rings is 1. The highest BCUT2D eigenvalue weighted by Gasteiger charge is 2.29. The molecule has 2 aromatic heterocycles. The molecule has 3 rings (SSSR count). The highest BCUT2D eigenvalue weighted by atomic mass is 32.2. The molecule has 0 aromatic carbocycles. The van der Waals surface area contributed by atoms with E-state index in [4.69, 9.17) is 9.26 Å². The molecule has 0 bridgehead atoms. The first-order chi connectivity index (χ1) is 12.5. The molecule has 8 nitrogen and oxygen atoms in total. The summed E-state index contributed by atoms with van der Waals surface area (Å²) in [6.07, 6.45) is 3.82. The zero-order valence-electron chi connectivity index (χ0n) is 14.2. The van der Waals surface area contributed by atoms with Gasteiger partial charge >= 0.3 is 5.97 Å². The number of nitrogens with one attached hydrogen (secondary N) is 1. The first-order valence-corrected chi connectivity index (χ1v) is 9.13. The Hall–Kier alpha value is -2.86. The number of hydrogen-bond donors (Lipinski definition) is 1. The van der Waals surface area contributed by atoms with Crippen LogP contribution in [0.4, 0.5) is 5.82 Å². The van der Waals surface area contributed by atoms with Crippen LogP contribution in [0.1, 0.15) is 46.1 Å². The number of esters is 1. The predicted octanol–water partition coefficient (Wildman–Crippen LogP) is 2.64. The van der Waals surface area contributed by atoms with E-state index in [0.717, 1.165) is 18.5 Å². The van der Waals surface area contributed by atoms with E-state index in [1.54, 1.807) is 25.3 Å². The monoisotopic (exact) mass is 372 g/mol. The van der Waals surface area contributed by atoms with Gasteiger partial charge < -0.3 is 14.6 Å². The minimum absolute atomic E-state index is 0.138. The van der Waals surface area contributed by atoms with E-state index in [2.05, 4.69) is 15.5 Å². The summed E-state index contributed by atoms with van der Waals surface area (Å²) in [5.74, 6) is -0.172. The van der Waals surface area contributed by atoms with Crippen molar-refractivity contribution in [3.05, 3.63) is 34.7 Å². The summed E-state index contributed by atoms with van der Waals surface area (Å²) in [6.45, 7) is 1.20. The van der Waals surface area contributed by atoms with Crippen molar-refractivity contribution in [1.82, 2.24) is 10.1 Å². The summed E-state index contributed by atoms with van der Waals surface area (Å²) in [7, 11) is 0. The highest BCUT2D eigenvalue weighted by molar-refractivity contribution is 7.98. The van der Waals surface area contributed by atoms with Crippen LogP contribution in [0.5, 0.6) is 0 Å². The van der Waals surface area contributed by atoms with E-state index in [1.165, 1.54) is 11.8 Å². The Morgan fingerprint density at radius 2 is 2.23 bits per heavy atom. The molecular formula is C17H16N4O4S. The molecule has 1 aliphatic carbocycles. The SMILES string of the molecule is CSc1nc(C2CC2)cc(C(=O)OCC(=O)Nc2cc(C)on2)c1C#N. The molecule has 0 aliphatic heterocycles. The number of ether oxygens (including phenoxy) is 1. The van der Waals surface area contributed by atoms with Crippen molar-refractivity contribution in [3.8, 4) is 6.07 Å². The fraction of sp³-hybridized carbons (Fsp3) is 0.353. The van der Waals surface area contributed by atoms with Crippen molar-refractivity contribution in [3.63, 3.8) is 0 Å². The highest BCUT2D eigenvalue weighted by Crippen LogP contribution is 2.40. The van der Waals surface area contributed by atoms with Gasteiger partial charge in [-0.15, -0.1) is 11.8 Å². The average molecular weight is 372 g/mol. The molecule has 0 radical (unpaired) electrons. The largest absolute Gasteiger partial charge is 0.452 e. The molecule has 26 heavy (non-hydrogen) atoms. The van der Waals surface area contributed by atoms with Crippen molar-refractivity contribution in [2.24, 2.45) is 0 Å². The fourth-order valence-corrected chi connectivity index (χ4v) is 2.92. The van der Waals surface area contributed by atoms with Crippen LogP contribution in [0.25, 0.3) is 0 Å². The maximum absolute atomic E-state index is 12.4. The van der Waals surface area contributed by atoms with E-state index < -0.39 is 18.5 Å². The molecule has 1 fully saturated rings. The Bertz CT molecular complexity index is 899. The van der Waals surface area contributed by atoms with E-state index in [-0.39, 0.29) is 16.9 Å². The van der Waals surface area contributed by atoms with E-state index in [0.29, 0.717) is 16.7 Å². The zero-order chi connectivity index (χ0) is 18.7. The zero-order valence-corrected chi connectivity index (χ0v) is 15.1. The topological polar surface area (TPSA) is 118 Å². The molecule has 1 amide bonds. The lowest BCUT2D eigenvalue weighted by molar-refractivity contribution is -0.119. The number of hydrogen-bond acceptors (Lipinski definition) is 8. The molecule has 9 heteroatoms. The minimum Gasteiger partial charge on any atom is -0.452 e. The maximum atomic E-state index is 12.4. The number of carbonyl (C=O) groups excluding carboxylic acids is 2. The number of carbonyl (C=O) groups is 2. The van der Waals surface area contributed by atoms with Crippen LogP contribution in [-0.4, -0.2) is 34.9 Å². The first kappa shape index (κ1) is 17.9. The maximum Gasteiger partial charge on any atom is 0.340 e. The van der Waals surface area contributed by atoms with Crippen molar-refractivity contribution in [1.29, 1.82) is 5.26 Å². The number of nitriles is 1. The van der Waals surface area contributed by atoms with Gasteiger partial charge in [0.15, 0.2) is 12.4 Å². The third-order valence-corrected chi connectivity index (χ3v) is 4.44. The van der Waals surface area contributed by atoms with E-state index in [1.807, 2.05) is 6.07 Å². The Balaban J connectivity index is 1.71. The van der Waals surface area contributed by atoms with Gasteiger partial charge in [-0.05, 0) is 32.1 Å². The lowest BCUT2D eigenvalue weighted by atomic mass is 10.1. The molecule has 2 aromatic rings. The van der Waals surface area contributed by atoms with Crippen LogP contribution in [0.15, 0.2) is 21.7 Å². The van der Waals surface area contributed by atoms with Crippen molar-refractivity contribution >= 4 is 29.5 Å². The van der Waals surface area contributed by atoms with Gasteiger partial charge in [-0.25, -0.2) is 9.78 Å². The Labute approximate surface area is 153 Å². The summed E-state index contributed by atoms with van der Waals surface area (Å²) in [4.78, 5) is 28.7. The fourth-order valence-electron chi connectivity index (χ4n) is 2.36. The molecule has 134 valence electrons. The molecule has 1 N–H and O–H groups in total. The van der Waals surface area contributed by atoms with Gasteiger partial charge in [0, 0.05) is 17.7 Å². The Morgan fingerprint density at radius 1 is 1.46 bits per heavy atom. The summed E-state index contributed by atoms with van der Waals surface area (Å²) >= 11 is 1.30. The predicted molar refractivity (Wildman–Crippen MR) is 92.9 cm³/mol.